The number of aliphatic hydroxyl groups excluding tert-OH is 11. The lowest BCUT2D eigenvalue weighted by atomic mass is 9.88. The Morgan fingerprint density at radius 1 is 0.593 bits per heavy atom. The number of hydrogen-bond acceptors (Lipinski definition) is 20. The fourth-order valence-corrected chi connectivity index (χ4v) is 11.6. The Balaban J connectivity index is 1.56. The maximum atomic E-state index is 13.4. The van der Waals surface area contributed by atoms with Gasteiger partial charge in [-0.05, 0) is 38.5 Å². The molecule has 86 heavy (non-hydrogen) atoms. The van der Waals surface area contributed by atoms with Gasteiger partial charge in [0.15, 0.2) is 12.6 Å². The summed E-state index contributed by atoms with van der Waals surface area (Å²) >= 11 is 0. The highest BCUT2D eigenvalue weighted by Gasteiger charge is 2.60. The molecule has 0 aromatic heterocycles. The van der Waals surface area contributed by atoms with E-state index in [2.05, 4.69) is 36.6 Å². The monoisotopic (exact) mass is 1240 g/mol. The molecule has 0 aromatic rings. The van der Waals surface area contributed by atoms with Crippen LogP contribution >= 0.6 is 0 Å². The number of carboxylic acids is 1. The predicted molar refractivity (Wildman–Crippen MR) is 320 cm³/mol. The Kier molecular flexibility index (Phi) is 40.5. The summed E-state index contributed by atoms with van der Waals surface area (Å²) in [5, 5.41) is 136. The first kappa shape index (κ1) is 77.7. The summed E-state index contributed by atoms with van der Waals surface area (Å²) in [6.45, 7) is 2.15. The van der Waals surface area contributed by atoms with Gasteiger partial charge >= 0.3 is 5.97 Å². The number of ether oxygens (including phenoxy) is 6. The van der Waals surface area contributed by atoms with Crippen molar-refractivity contribution in [1.29, 1.82) is 0 Å². The summed E-state index contributed by atoms with van der Waals surface area (Å²) in [5.74, 6) is -6.11. The minimum absolute atomic E-state index is 0.219. The number of aliphatic hydroxyl groups is 11. The van der Waals surface area contributed by atoms with Gasteiger partial charge in [-0.3, -0.25) is 9.59 Å². The second-order valence-electron chi connectivity index (χ2n) is 24.3. The molecule has 3 aliphatic heterocycles. The fourth-order valence-electron chi connectivity index (χ4n) is 11.6. The largest absolute Gasteiger partial charge is 0.477 e. The Bertz CT molecular complexity index is 1810. The van der Waals surface area contributed by atoms with Crippen LogP contribution in [0.2, 0.25) is 0 Å². The molecule has 0 bridgehead atoms. The molecular formula is C63H116N2O21. The van der Waals surface area contributed by atoms with Gasteiger partial charge in [-0.15, -0.1) is 0 Å². The number of allylic oxidation sites excluding steroid dienone is 2. The number of rotatable bonds is 49. The van der Waals surface area contributed by atoms with Crippen molar-refractivity contribution in [2.75, 3.05) is 26.4 Å². The van der Waals surface area contributed by atoms with E-state index in [1.807, 2.05) is 0 Å². The molecule has 23 heteroatoms. The normalized spacial score (nSPS) is 29.4. The number of nitrogens with one attached hydrogen (secondary N) is 2. The van der Waals surface area contributed by atoms with Crippen LogP contribution in [0.25, 0.3) is 0 Å². The van der Waals surface area contributed by atoms with Gasteiger partial charge in [0.05, 0.1) is 50.7 Å². The van der Waals surface area contributed by atoms with E-state index < -0.39 is 148 Å². The van der Waals surface area contributed by atoms with E-state index in [0.717, 1.165) is 84.0 Å². The summed E-state index contributed by atoms with van der Waals surface area (Å²) in [7, 11) is 0. The first-order chi connectivity index (χ1) is 41.4. The molecule has 2 amide bonds. The third kappa shape index (κ3) is 27.9. The van der Waals surface area contributed by atoms with Crippen molar-refractivity contribution in [3.63, 3.8) is 0 Å². The molecular weight excluding hydrogens is 1120 g/mol. The van der Waals surface area contributed by atoms with Gasteiger partial charge < -0.3 is 100 Å². The first-order valence-corrected chi connectivity index (χ1v) is 33.0. The Labute approximate surface area is 511 Å². The van der Waals surface area contributed by atoms with Crippen LogP contribution in [0.15, 0.2) is 12.2 Å². The molecule has 3 fully saturated rings. The van der Waals surface area contributed by atoms with E-state index in [-0.39, 0.29) is 18.9 Å². The van der Waals surface area contributed by atoms with Gasteiger partial charge in [-0.25, -0.2) is 4.79 Å². The van der Waals surface area contributed by atoms with Crippen molar-refractivity contribution < 1.29 is 104 Å². The van der Waals surface area contributed by atoms with Crippen molar-refractivity contribution in [1.82, 2.24) is 10.6 Å². The number of carbonyl (C=O) groups excluding carboxylic acids is 2. The molecule has 3 heterocycles. The molecule has 3 rings (SSSR count). The van der Waals surface area contributed by atoms with Crippen LogP contribution in [-0.2, 0) is 42.8 Å². The molecule has 23 nitrogen and oxygen atoms in total. The number of amides is 2. The quantitative estimate of drug-likeness (QED) is 0.0289. The minimum atomic E-state index is -3.08. The average Bonchev–Trinajstić information content (AvgIpc) is 0.927. The van der Waals surface area contributed by atoms with Gasteiger partial charge in [-0.1, -0.05) is 187 Å². The lowest BCUT2D eigenvalue weighted by molar-refractivity contribution is -0.386. The summed E-state index contributed by atoms with van der Waals surface area (Å²) in [4.78, 5) is 38.4. The topological polar surface area (TPSA) is 373 Å². The summed E-state index contributed by atoms with van der Waals surface area (Å²) in [5.41, 5.74) is 0. The molecule has 0 saturated carbocycles. The molecule has 18 atom stereocenters. The molecule has 0 aromatic carbocycles. The first-order valence-electron chi connectivity index (χ1n) is 33.0. The van der Waals surface area contributed by atoms with Crippen molar-refractivity contribution >= 4 is 17.8 Å². The Morgan fingerprint density at radius 3 is 1.57 bits per heavy atom. The molecule has 18 unspecified atom stereocenters. The number of unbranched alkanes of at least 4 members (excludes halogenated alkanes) is 27. The van der Waals surface area contributed by atoms with Crippen LogP contribution in [0.5, 0.6) is 0 Å². The van der Waals surface area contributed by atoms with Crippen LogP contribution in [0.4, 0.5) is 0 Å². The number of hydrogen-bond donors (Lipinski definition) is 14. The van der Waals surface area contributed by atoms with Crippen LogP contribution < -0.4 is 10.6 Å². The van der Waals surface area contributed by atoms with Crippen molar-refractivity contribution in [3.05, 3.63) is 12.2 Å². The zero-order valence-electron chi connectivity index (χ0n) is 52.2. The van der Waals surface area contributed by atoms with Crippen molar-refractivity contribution in [3.8, 4) is 0 Å². The molecule has 0 radical (unpaired) electrons. The van der Waals surface area contributed by atoms with Crippen molar-refractivity contribution in [2.45, 2.75) is 342 Å². The van der Waals surface area contributed by atoms with Crippen LogP contribution in [0.3, 0.4) is 0 Å². The average molecular weight is 1240 g/mol. The third-order valence-electron chi connectivity index (χ3n) is 17.0. The standard InChI is InChI=1S/C63H116N2O21/c1-4-6-8-10-12-14-15-16-17-18-19-20-21-22-23-24-25-26-27-29-31-33-35-37-50(73)65-44(45(70)36-34-32-30-28-13-11-9-7-5-2)42-81-60-55(77)54(76)57(49(41-68)83-60)84-61-56(78)59(53(75)48(40-67)82-61)86-63(62(79)80)38-46(71)51(64-43(3)69)58(85-63)52(74)47(72)39-66/h22-23,44-49,51-61,66-68,70-72,74-78H,4-21,24-42H2,1-3H3,(H,64,69)(H,65,73)(H,79,80)/b23-22-. The highest BCUT2D eigenvalue weighted by Crippen LogP contribution is 2.39. The van der Waals surface area contributed by atoms with E-state index in [4.69, 9.17) is 28.4 Å². The minimum Gasteiger partial charge on any atom is -0.477 e. The molecule has 0 spiro atoms. The highest BCUT2D eigenvalue weighted by molar-refractivity contribution is 5.77. The Morgan fingerprint density at radius 2 is 1.08 bits per heavy atom. The molecule has 504 valence electrons. The third-order valence-corrected chi connectivity index (χ3v) is 17.0. The number of carbonyl (C=O) groups is 3. The van der Waals surface area contributed by atoms with Gasteiger partial charge in [-0.2, -0.15) is 0 Å². The molecule has 3 saturated heterocycles. The van der Waals surface area contributed by atoms with Gasteiger partial charge in [0.2, 0.25) is 11.8 Å². The van der Waals surface area contributed by atoms with Crippen LogP contribution in [-0.4, -0.2) is 215 Å². The van der Waals surface area contributed by atoms with E-state index in [0.29, 0.717) is 19.3 Å². The van der Waals surface area contributed by atoms with Gasteiger partial charge in [0, 0.05) is 19.8 Å². The fraction of sp³-hybridized carbons (Fsp3) is 0.921. The van der Waals surface area contributed by atoms with E-state index in [1.165, 1.54) is 103 Å². The molecule has 0 aliphatic carbocycles. The SMILES string of the molecule is CCCCCCCCCCCCCC/C=C\CCCCCCCCCC(=O)NC(COC1OC(CO)C(OC2OC(CO)C(O)C(OC3(C(=O)O)CC(O)C(NC(C)=O)C(C(O)C(O)CO)O3)C2O)C(O)C1O)C(O)CCCCCCCCCCC. The Hall–Kier alpha value is -2.53. The van der Waals surface area contributed by atoms with E-state index >= 15 is 0 Å². The van der Waals surface area contributed by atoms with Crippen molar-refractivity contribution in [2.24, 2.45) is 0 Å². The lowest BCUT2D eigenvalue weighted by Crippen LogP contribution is -2.70. The summed E-state index contributed by atoms with van der Waals surface area (Å²) in [6, 6.07) is -2.53. The van der Waals surface area contributed by atoms with Crippen LogP contribution in [0.1, 0.15) is 233 Å². The zero-order valence-corrected chi connectivity index (χ0v) is 52.2. The van der Waals surface area contributed by atoms with E-state index in [9.17, 15) is 75.7 Å². The van der Waals surface area contributed by atoms with Crippen LogP contribution in [0, 0.1) is 0 Å². The predicted octanol–water partition coefficient (Wildman–Crippen LogP) is 4.73. The molecule has 3 aliphatic rings. The van der Waals surface area contributed by atoms with E-state index in [1.54, 1.807) is 0 Å². The maximum Gasteiger partial charge on any atom is 0.364 e. The second kappa shape index (κ2) is 44.9. The summed E-state index contributed by atoms with van der Waals surface area (Å²) < 4.78 is 34.7. The number of aliphatic carboxylic acids is 1. The van der Waals surface area contributed by atoms with Gasteiger partial charge in [0.25, 0.3) is 5.79 Å². The summed E-state index contributed by atoms with van der Waals surface area (Å²) in [6.07, 6.45) is 11.2. The second-order valence-corrected chi connectivity index (χ2v) is 24.3. The van der Waals surface area contributed by atoms with Gasteiger partial charge in [0.1, 0.15) is 67.1 Å². The maximum absolute atomic E-state index is 13.4. The molecule has 14 N–H and O–H groups in total. The highest BCUT2D eigenvalue weighted by atomic mass is 16.8. The zero-order chi connectivity index (χ0) is 63.3. The number of carboxylic acid groups (broad SMARTS) is 1. The smallest absolute Gasteiger partial charge is 0.364 e. The lowest BCUT2D eigenvalue weighted by Gasteiger charge is -2.50.